The summed E-state index contributed by atoms with van der Waals surface area (Å²) in [4.78, 5) is 13.9. The molecule has 1 aliphatic rings. The van der Waals surface area contributed by atoms with Crippen LogP contribution in [-0.4, -0.2) is 37.1 Å². The lowest BCUT2D eigenvalue weighted by atomic mass is 10.1. The molecule has 1 heterocycles. The Morgan fingerprint density at radius 1 is 1.16 bits per heavy atom. The molecule has 0 radical (unpaired) electrons. The summed E-state index contributed by atoms with van der Waals surface area (Å²) in [6.07, 6.45) is 7.13. The minimum Gasteiger partial charge on any atom is -0.461 e. The second-order valence-electron chi connectivity index (χ2n) is 4.81. The predicted octanol–water partition coefficient (Wildman–Crippen LogP) is 2.73. The van der Waals surface area contributed by atoms with Crippen molar-refractivity contribution in [1.29, 1.82) is 0 Å². The third-order valence-corrected chi connectivity index (χ3v) is 3.31. The van der Waals surface area contributed by atoms with Crippen LogP contribution in [0, 0.1) is 0 Å². The number of rotatable bonds is 5. The summed E-state index contributed by atoms with van der Waals surface area (Å²) in [5.41, 5.74) is 1.01. The van der Waals surface area contributed by atoms with Crippen LogP contribution in [0.3, 0.4) is 0 Å². The normalized spacial score (nSPS) is 16.6. The van der Waals surface area contributed by atoms with Crippen molar-refractivity contribution in [3.8, 4) is 0 Å². The average molecular weight is 259 g/mol. The molecule has 1 saturated heterocycles. The minimum absolute atomic E-state index is 0.263. The van der Waals surface area contributed by atoms with Gasteiger partial charge in [-0.3, -0.25) is 4.90 Å². The second-order valence-corrected chi connectivity index (χ2v) is 4.81. The summed E-state index contributed by atoms with van der Waals surface area (Å²) >= 11 is 0. The molecule has 0 atom stereocenters. The fourth-order valence-corrected chi connectivity index (χ4v) is 2.23. The Balaban J connectivity index is 1.65. The Bertz CT molecular complexity index is 408. The SMILES string of the molecule is O=C(C=Cc1ccccc1)OCCN1CCCCC1. The Morgan fingerprint density at radius 2 is 1.89 bits per heavy atom. The van der Waals surface area contributed by atoms with Crippen LogP contribution in [0.2, 0.25) is 0 Å². The van der Waals surface area contributed by atoms with E-state index < -0.39 is 0 Å². The van der Waals surface area contributed by atoms with E-state index in [9.17, 15) is 4.79 Å². The summed E-state index contributed by atoms with van der Waals surface area (Å²) in [5.74, 6) is -0.263. The van der Waals surface area contributed by atoms with E-state index in [4.69, 9.17) is 4.74 Å². The van der Waals surface area contributed by atoms with Gasteiger partial charge in [-0.15, -0.1) is 0 Å². The maximum absolute atomic E-state index is 11.5. The van der Waals surface area contributed by atoms with E-state index in [2.05, 4.69) is 4.90 Å². The number of nitrogens with zero attached hydrogens (tertiary/aromatic N) is 1. The summed E-state index contributed by atoms with van der Waals surface area (Å²) in [5, 5.41) is 0. The molecule has 3 nitrogen and oxygen atoms in total. The molecule has 2 rings (SSSR count). The molecule has 1 aromatic carbocycles. The molecule has 3 heteroatoms. The maximum atomic E-state index is 11.5. The summed E-state index contributed by atoms with van der Waals surface area (Å²) in [6.45, 7) is 3.61. The van der Waals surface area contributed by atoms with E-state index in [-0.39, 0.29) is 5.97 Å². The van der Waals surface area contributed by atoms with Crippen LogP contribution >= 0.6 is 0 Å². The van der Waals surface area contributed by atoms with Gasteiger partial charge >= 0.3 is 5.97 Å². The third-order valence-electron chi connectivity index (χ3n) is 3.31. The van der Waals surface area contributed by atoms with Crippen LogP contribution < -0.4 is 0 Å². The number of piperidine rings is 1. The van der Waals surface area contributed by atoms with E-state index in [1.165, 1.54) is 25.3 Å². The number of benzene rings is 1. The van der Waals surface area contributed by atoms with Gasteiger partial charge in [0, 0.05) is 12.6 Å². The first-order chi connectivity index (χ1) is 9.34. The molecule has 1 aliphatic heterocycles. The quantitative estimate of drug-likeness (QED) is 0.601. The molecule has 102 valence electrons. The lowest BCUT2D eigenvalue weighted by molar-refractivity contribution is -0.138. The van der Waals surface area contributed by atoms with Crippen LogP contribution in [0.5, 0.6) is 0 Å². The van der Waals surface area contributed by atoms with Gasteiger partial charge in [-0.25, -0.2) is 4.79 Å². The zero-order chi connectivity index (χ0) is 13.3. The lowest BCUT2D eigenvalue weighted by Crippen LogP contribution is -2.33. The van der Waals surface area contributed by atoms with E-state index in [0.29, 0.717) is 6.61 Å². The number of carbonyl (C=O) groups excluding carboxylic acids is 1. The van der Waals surface area contributed by atoms with Gasteiger partial charge < -0.3 is 4.74 Å². The van der Waals surface area contributed by atoms with E-state index >= 15 is 0 Å². The highest BCUT2D eigenvalue weighted by Crippen LogP contribution is 2.07. The first kappa shape index (κ1) is 13.8. The van der Waals surface area contributed by atoms with Crippen molar-refractivity contribution in [3.05, 3.63) is 42.0 Å². The van der Waals surface area contributed by atoms with Gasteiger partial charge in [0.2, 0.25) is 0 Å². The Morgan fingerprint density at radius 3 is 2.63 bits per heavy atom. The number of likely N-dealkylation sites (tertiary alicyclic amines) is 1. The van der Waals surface area contributed by atoms with Gasteiger partial charge in [0.25, 0.3) is 0 Å². The highest BCUT2D eigenvalue weighted by Gasteiger charge is 2.09. The summed E-state index contributed by atoms with van der Waals surface area (Å²) < 4.78 is 5.20. The monoisotopic (exact) mass is 259 g/mol. The molecule has 0 unspecified atom stereocenters. The van der Waals surface area contributed by atoms with Crippen molar-refractivity contribution in [2.24, 2.45) is 0 Å². The van der Waals surface area contributed by atoms with Crippen molar-refractivity contribution >= 4 is 12.0 Å². The first-order valence-electron chi connectivity index (χ1n) is 6.97. The van der Waals surface area contributed by atoms with E-state index in [1.807, 2.05) is 30.3 Å². The van der Waals surface area contributed by atoms with Gasteiger partial charge in [0.05, 0.1) is 0 Å². The molecule has 0 spiro atoms. The molecule has 0 N–H and O–H groups in total. The maximum Gasteiger partial charge on any atom is 0.330 e. The van der Waals surface area contributed by atoms with Gasteiger partial charge in [-0.2, -0.15) is 0 Å². The summed E-state index contributed by atoms with van der Waals surface area (Å²) in [7, 11) is 0. The van der Waals surface area contributed by atoms with E-state index in [1.54, 1.807) is 6.08 Å². The van der Waals surface area contributed by atoms with Crippen LogP contribution in [0.15, 0.2) is 36.4 Å². The highest BCUT2D eigenvalue weighted by atomic mass is 16.5. The van der Waals surface area contributed by atoms with Gasteiger partial charge in [0.1, 0.15) is 6.61 Å². The van der Waals surface area contributed by atoms with Gasteiger partial charge in [-0.05, 0) is 37.6 Å². The predicted molar refractivity (Wildman–Crippen MR) is 76.7 cm³/mol. The number of hydrogen-bond donors (Lipinski definition) is 0. The van der Waals surface area contributed by atoms with Crippen LogP contribution in [0.25, 0.3) is 6.08 Å². The second kappa shape index (κ2) is 7.74. The van der Waals surface area contributed by atoms with Gasteiger partial charge in [-0.1, -0.05) is 36.8 Å². The van der Waals surface area contributed by atoms with Crippen LogP contribution in [0.1, 0.15) is 24.8 Å². The Labute approximate surface area is 114 Å². The summed E-state index contributed by atoms with van der Waals surface area (Å²) in [6, 6.07) is 9.76. The zero-order valence-electron chi connectivity index (χ0n) is 11.3. The third kappa shape index (κ3) is 5.26. The molecule has 1 fully saturated rings. The standard InChI is InChI=1S/C16H21NO2/c18-16(10-9-15-7-3-1-4-8-15)19-14-13-17-11-5-2-6-12-17/h1,3-4,7-10H,2,5-6,11-14H2. The molecule has 0 aromatic heterocycles. The fraction of sp³-hybridized carbons (Fsp3) is 0.438. The zero-order valence-corrected chi connectivity index (χ0v) is 11.3. The average Bonchev–Trinajstić information content (AvgIpc) is 2.47. The molecule has 1 aromatic rings. The van der Waals surface area contributed by atoms with Crippen molar-refractivity contribution in [3.63, 3.8) is 0 Å². The first-order valence-corrected chi connectivity index (χ1v) is 6.97. The highest BCUT2D eigenvalue weighted by molar-refractivity contribution is 5.86. The van der Waals surface area contributed by atoms with E-state index in [0.717, 1.165) is 25.2 Å². The number of esters is 1. The lowest BCUT2D eigenvalue weighted by Gasteiger charge is -2.25. The van der Waals surface area contributed by atoms with Crippen molar-refractivity contribution < 1.29 is 9.53 Å². The molecule has 19 heavy (non-hydrogen) atoms. The van der Waals surface area contributed by atoms with Crippen molar-refractivity contribution in [1.82, 2.24) is 4.90 Å². The van der Waals surface area contributed by atoms with Crippen LogP contribution in [0.4, 0.5) is 0 Å². The minimum atomic E-state index is -0.263. The topological polar surface area (TPSA) is 29.5 Å². The molecular formula is C16H21NO2. The van der Waals surface area contributed by atoms with Crippen molar-refractivity contribution in [2.75, 3.05) is 26.2 Å². The number of ether oxygens (including phenoxy) is 1. The molecule has 0 bridgehead atoms. The van der Waals surface area contributed by atoms with Gasteiger partial charge in [0.15, 0.2) is 0 Å². The molecular weight excluding hydrogens is 238 g/mol. The molecule has 0 amide bonds. The molecule has 0 aliphatic carbocycles. The molecule has 0 saturated carbocycles. The number of hydrogen-bond acceptors (Lipinski definition) is 3. The smallest absolute Gasteiger partial charge is 0.330 e. The Hall–Kier alpha value is -1.61. The largest absolute Gasteiger partial charge is 0.461 e. The Kier molecular flexibility index (Phi) is 5.63. The number of carbonyl (C=O) groups is 1. The van der Waals surface area contributed by atoms with Crippen LogP contribution in [-0.2, 0) is 9.53 Å². The van der Waals surface area contributed by atoms with Crippen molar-refractivity contribution in [2.45, 2.75) is 19.3 Å². The fourth-order valence-electron chi connectivity index (χ4n) is 2.23.